The van der Waals surface area contributed by atoms with Crippen molar-refractivity contribution in [2.45, 2.75) is 50.9 Å². The third-order valence-electron chi connectivity index (χ3n) is 6.33. The van der Waals surface area contributed by atoms with E-state index in [0.717, 1.165) is 59.4 Å². The maximum atomic E-state index is 10.6. The minimum atomic E-state index is -0.307. The number of piperidine rings is 1. The molecular formula is C24H30BrN3O2. The summed E-state index contributed by atoms with van der Waals surface area (Å²) in [6.07, 6.45) is 2.64. The fraction of sp³-hybridized carbons (Fsp3) is 0.458. The van der Waals surface area contributed by atoms with E-state index in [0.29, 0.717) is 11.8 Å². The molecule has 0 aliphatic carbocycles. The molecule has 0 radical (unpaired) electrons. The van der Waals surface area contributed by atoms with Crippen molar-refractivity contribution in [3.8, 4) is 11.5 Å². The van der Waals surface area contributed by atoms with Crippen LogP contribution in [0.2, 0.25) is 0 Å². The summed E-state index contributed by atoms with van der Waals surface area (Å²) in [6.45, 7) is 6.53. The van der Waals surface area contributed by atoms with Gasteiger partial charge in [-0.05, 0) is 74.7 Å². The molecule has 1 fully saturated rings. The molecule has 4 rings (SSSR count). The van der Waals surface area contributed by atoms with Crippen molar-refractivity contribution in [1.29, 1.82) is 0 Å². The van der Waals surface area contributed by atoms with Gasteiger partial charge in [-0.15, -0.1) is 0 Å². The van der Waals surface area contributed by atoms with Crippen LogP contribution in [0.5, 0.6) is 11.5 Å². The summed E-state index contributed by atoms with van der Waals surface area (Å²) in [5, 5.41) is 14.4. The lowest BCUT2D eigenvalue weighted by Gasteiger charge is -2.46. The normalized spacial score (nSPS) is 21.6. The average Bonchev–Trinajstić information content (AvgIpc) is 2.75. The number of hydrogen-bond acceptors (Lipinski definition) is 5. The summed E-state index contributed by atoms with van der Waals surface area (Å²) in [5.74, 6) is 1.16. The van der Waals surface area contributed by atoms with Crippen LogP contribution < -0.4 is 10.1 Å². The Bertz CT molecular complexity index is 919. The van der Waals surface area contributed by atoms with Crippen LogP contribution in [0.4, 0.5) is 0 Å². The molecule has 0 bridgehead atoms. The van der Waals surface area contributed by atoms with E-state index in [4.69, 9.17) is 9.73 Å². The third kappa shape index (κ3) is 4.41. The van der Waals surface area contributed by atoms with Gasteiger partial charge in [0, 0.05) is 47.3 Å². The Balaban J connectivity index is 1.70. The molecule has 2 heterocycles. The highest BCUT2D eigenvalue weighted by atomic mass is 79.9. The Labute approximate surface area is 187 Å². The van der Waals surface area contributed by atoms with Crippen LogP contribution in [-0.4, -0.2) is 47.6 Å². The van der Waals surface area contributed by atoms with Crippen LogP contribution in [0.1, 0.15) is 50.3 Å². The second-order valence-electron chi connectivity index (χ2n) is 8.55. The van der Waals surface area contributed by atoms with E-state index in [1.165, 1.54) is 0 Å². The highest BCUT2D eigenvalue weighted by Crippen LogP contribution is 2.38. The second-order valence-corrected chi connectivity index (χ2v) is 9.47. The number of methoxy groups -OCH3 is 1. The second kappa shape index (κ2) is 8.69. The quantitative estimate of drug-likeness (QED) is 0.666. The van der Waals surface area contributed by atoms with E-state index in [2.05, 4.69) is 52.1 Å². The largest absolute Gasteiger partial charge is 0.508 e. The number of benzene rings is 2. The maximum Gasteiger partial charge on any atom is 0.120 e. The molecule has 0 unspecified atom stereocenters. The Morgan fingerprint density at radius 2 is 1.87 bits per heavy atom. The molecule has 2 aromatic rings. The van der Waals surface area contributed by atoms with Gasteiger partial charge in [-0.3, -0.25) is 10.3 Å². The molecule has 6 heteroatoms. The number of aliphatic imine (C=N–C) groups is 1. The van der Waals surface area contributed by atoms with Gasteiger partial charge < -0.3 is 14.7 Å². The lowest BCUT2D eigenvalue weighted by atomic mass is 9.87. The number of ether oxygens (including phenoxy) is 1. The molecular weight excluding hydrogens is 442 g/mol. The Kier molecular flexibility index (Phi) is 6.19. The zero-order valence-corrected chi connectivity index (χ0v) is 19.4. The molecule has 2 aromatic carbocycles. The fourth-order valence-corrected chi connectivity index (χ4v) is 4.91. The molecule has 1 spiro atoms. The number of hydrogen-bond donors (Lipinski definition) is 2. The number of rotatable bonds is 4. The number of nitrogens with zero attached hydrogens (tertiary/aromatic N) is 2. The number of likely N-dealkylation sites (tertiary alicyclic amines) is 1. The lowest BCUT2D eigenvalue weighted by molar-refractivity contribution is 0.103. The number of aromatic hydroxyl groups is 1. The number of phenolic OH excluding ortho intramolecular Hbond substituents is 1. The Hall–Kier alpha value is -1.89. The van der Waals surface area contributed by atoms with E-state index in [9.17, 15) is 5.11 Å². The van der Waals surface area contributed by atoms with Gasteiger partial charge in [0.2, 0.25) is 0 Å². The maximum absolute atomic E-state index is 10.6. The van der Waals surface area contributed by atoms with Crippen molar-refractivity contribution in [2.75, 3.05) is 20.2 Å². The molecule has 30 heavy (non-hydrogen) atoms. The number of phenols is 1. The molecule has 2 aliphatic heterocycles. The van der Waals surface area contributed by atoms with Gasteiger partial charge in [0.15, 0.2) is 0 Å². The molecule has 5 nitrogen and oxygen atoms in total. The van der Waals surface area contributed by atoms with Crippen molar-refractivity contribution in [3.63, 3.8) is 0 Å². The molecule has 1 atom stereocenters. The topological polar surface area (TPSA) is 57.1 Å². The van der Waals surface area contributed by atoms with Crippen LogP contribution in [0, 0.1) is 0 Å². The summed E-state index contributed by atoms with van der Waals surface area (Å²) in [6, 6.07) is 14.3. The Morgan fingerprint density at radius 3 is 2.50 bits per heavy atom. The van der Waals surface area contributed by atoms with Crippen molar-refractivity contribution in [3.05, 3.63) is 58.1 Å². The smallest absolute Gasteiger partial charge is 0.120 e. The predicted molar refractivity (Wildman–Crippen MR) is 125 cm³/mol. The first-order valence-corrected chi connectivity index (χ1v) is 11.4. The standard InChI is InChI=1S/C24H30BrN3O2/c1-16(2)28-12-10-24(11-13-28)26-21(17-4-7-19(30-3)8-5-17)15-22(27-24)20-14-18(25)6-9-23(20)29/h4-9,14,16,22,27,29H,10-13,15H2,1-3H3/t22-/m0/s1. The van der Waals surface area contributed by atoms with Crippen molar-refractivity contribution >= 4 is 21.6 Å². The van der Waals surface area contributed by atoms with Crippen molar-refractivity contribution < 1.29 is 9.84 Å². The predicted octanol–water partition coefficient (Wildman–Crippen LogP) is 4.89. The fourth-order valence-electron chi connectivity index (χ4n) is 4.53. The number of halogens is 1. The van der Waals surface area contributed by atoms with Crippen molar-refractivity contribution in [2.24, 2.45) is 4.99 Å². The van der Waals surface area contributed by atoms with Crippen LogP contribution in [0.3, 0.4) is 0 Å². The molecule has 1 saturated heterocycles. The highest BCUT2D eigenvalue weighted by molar-refractivity contribution is 9.10. The van der Waals surface area contributed by atoms with E-state index >= 15 is 0 Å². The van der Waals surface area contributed by atoms with Crippen LogP contribution in [0.15, 0.2) is 51.9 Å². The van der Waals surface area contributed by atoms with Gasteiger partial charge in [-0.25, -0.2) is 0 Å². The van der Waals surface area contributed by atoms with Gasteiger partial charge in [0.05, 0.1) is 7.11 Å². The molecule has 2 aliphatic rings. The summed E-state index contributed by atoms with van der Waals surface area (Å²) in [7, 11) is 1.68. The lowest BCUT2D eigenvalue weighted by Crippen LogP contribution is -2.56. The van der Waals surface area contributed by atoms with Gasteiger partial charge >= 0.3 is 0 Å². The first-order chi connectivity index (χ1) is 14.4. The van der Waals surface area contributed by atoms with Crippen molar-refractivity contribution in [1.82, 2.24) is 10.2 Å². The van der Waals surface area contributed by atoms with E-state index in [1.807, 2.05) is 24.3 Å². The first kappa shape index (κ1) is 21.3. The summed E-state index contributed by atoms with van der Waals surface area (Å²) < 4.78 is 6.29. The minimum Gasteiger partial charge on any atom is -0.508 e. The molecule has 2 N–H and O–H groups in total. The van der Waals surface area contributed by atoms with E-state index in [-0.39, 0.29) is 11.7 Å². The van der Waals surface area contributed by atoms with Crippen LogP contribution in [0.25, 0.3) is 0 Å². The highest BCUT2D eigenvalue weighted by Gasteiger charge is 2.40. The number of nitrogens with one attached hydrogen (secondary N) is 1. The summed E-state index contributed by atoms with van der Waals surface area (Å²) >= 11 is 3.56. The van der Waals surface area contributed by atoms with E-state index in [1.54, 1.807) is 13.2 Å². The molecule has 0 amide bonds. The monoisotopic (exact) mass is 471 g/mol. The van der Waals surface area contributed by atoms with Gasteiger partial charge in [0.25, 0.3) is 0 Å². The molecule has 0 aromatic heterocycles. The van der Waals surface area contributed by atoms with E-state index < -0.39 is 0 Å². The SMILES string of the molecule is COc1ccc(C2=NC3(CCN(C(C)C)CC3)N[C@H](c3cc(Br)ccc3O)C2)cc1. The summed E-state index contributed by atoms with van der Waals surface area (Å²) in [4.78, 5) is 7.77. The zero-order valence-electron chi connectivity index (χ0n) is 17.9. The van der Waals surface area contributed by atoms with Gasteiger partial charge in [-0.1, -0.05) is 15.9 Å². The Morgan fingerprint density at radius 1 is 1.17 bits per heavy atom. The van der Waals surface area contributed by atoms with Crippen LogP contribution >= 0.6 is 15.9 Å². The van der Waals surface area contributed by atoms with Crippen LogP contribution in [-0.2, 0) is 0 Å². The molecule has 160 valence electrons. The molecule has 0 saturated carbocycles. The minimum absolute atomic E-state index is 0.00250. The summed E-state index contributed by atoms with van der Waals surface area (Å²) in [5.41, 5.74) is 2.80. The zero-order chi connectivity index (χ0) is 21.3. The average molecular weight is 472 g/mol. The third-order valence-corrected chi connectivity index (χ3v) is 6.83. The van der Waals surface area contributed by atoms with Gasteiger partial charge in [0.1, 0.15) is 17.2 Å². The van der Waals surface area contributed by atoms with Gasteiger partial charge in [-0.2, -0.15) is 0 Å². The first-order valence-electron chi connectivity index (χ1n) is 10.6.